The fourth-order valence-electron chi connectivity index (χ4n) is 3.65. The Morgan fingerprint density at radius 1 is 1.09 bits per heavy atom. The average Bonchev–Trinajstić information content (AvgIpc) is 2.81. The minimum absolute atomic E-state index is 0. The van der Waals surface area contributed by atoms with Crippen LogP contribution in [0.5, 0.6) is 17.2 Å². The molecule has 0 fully saturated rings. The third kappa shape index (κ3) is 6.68. The van der Waals surface area contributed by atoms with Gasteiger partial charge in [-0.2, -0.15) is 0 Å². The van der Waals surface area contributed by atoms with Gasteiger partial charge in [0.1, 0.15) is 23.1 Å². The normalized spacial score (nSPS) is 14.2. The van der Waals surface area contributed by atoms with Gasteiger partial charge in [-0.05, 0) is 60.9 Å². The quantitative estimate of drug-likeness (QED) is 0.472. The first-order chi connectivity index (χ1) is 16.3. The SMILES string of the molecule is O=C(NCCc1ccc(F)cc1Cl)c1ccc(Oc2cc3c(cc2Cl)C(C(=O)[O-])CCO3)cc1.[Na+]. The van der Waals surface area contributed by atoms with Crippen molar-refractivity contribution in [3.63, 3.8) is 0 Å². The first-order valence-corrected chi connectivity index (χ1v) is 11.2. The second-order valence-corrected chi connectivity index (χ2v) is 8.51. The van der Waals surface area contributed by atoms with Gasteiger partial charge in [0, 0.05) is 40.6 Å². The van der Waals surface area contributed by atoms with Crippen LogP contribution in [0.4, 0.5) is 4.39 Å². The molecule has 1 amide bonds. The van der Waals surface area contributed by atoms with E-state index < -0.39 is 17.7 Å². The van der Waals surface area contributed by atoms with E-state index in [1.54, 1.807) is 36.4 Å². The number of carboxylic acids is 1. The topological polar surface area (TPSA) is 87.7 Å². The second kappa shape index (κ2) is 12.1. The smallest absolute Gasteiger partial charge is 0.549 e. The standard InChI is InChI=1S/C25H20Cl2FNO5.Na/c26-20-11-16(28)4-1-14(20)7-9-29-24(30)15-2-5-17(6-3-15)34-23-13-22-19(12-21(23)27)18(25(31)32)8-10-33-22;/h1-6,11-13,18H,7-10H2,(H,29,30)(H,31,32);/q;+1/p-1. The van der Waals surface area contributed by atoms with E-state index in [1.807, 2.05) is 0 Å². The summed E-state index contributed by atoms with van der Waals surface area (Å²) in [6.07, 6.45) is 0.774. The Hall–Kier alpha value is -2.29. The van der Waals surface area contributed by atoms with Crippen LogP contribution in [0.2, 0.25) is 10.0 Å². The number of aliphatic carboxylic acids is 1. The van der Waals surface area contributed by atoms with Crippen molar-refractivity contribution < 1.29 is 58.1 Å². The van der Waals surface area contributed by atoms with Crippen LogP contribution >= 0.6 is 23.2 Å². The third-order valence-electron chi connectivity index (χ3n) is 5.43. The van der Waals surface area contributed by atoms with E-state index in [1.165, 1.54) is 18.2 Å². The van der Waals surface area contributed by atoms with E-state index in [0.29, 0.717) is 52.8 Å². The van der Waals surface area contributed by atoms with E-state index in [0.717, 1.165) is 5.56 Å². The molecule has 4 rings (SSSR count). The summed E-state index contributed by atoms with van der Waals surface area (Å²) in [6.45, 7) is 0.587. The number of amides is 1. The molecule has 1 unspecified atom stereocenters. The summed E-state index contributed by atoms with van der Waals surface area (Å²) in [7, 11) is 0. The minimum Gasteiger partial charge on any atom is -0.549 e. The minimum atomic E-state index is -1.18. The molecule has 3 aromatic rings. The van der Waals surface area contributed by atoms with Crippen LogP contribution < -0.4 is 49.5 Å². The van der Waals surface area contributed by atoms with Gasteiger partial charge in [0.05, 0.1) is 11.6 Å². The number of carboxylic acid groups (broad SMARTS) is 1. The molecule has 0 aromatic heterocycles. The molecule has 1 heterocycles. The molecule has 0 spiro atoms. The van der Waals surface area contributed by atoms with Gasteiger partial charge in [0.25, 0.3) is 5.91 Å². The summed E-state index contributed by atoms with van der Waals surface area (Å²) in [5.41, 5.74) is 1.62. The van der Waals surface area contributed by atoms with Gasteiger partial charge in [-0.15, -0.1) is 0 Å². The van der Waals surface area contributed by atoms with Crippen molar-refractivity contribution in [3.05, 3.63) is 87.2 Å². The Morgan fingerprint density at radius 3 is 2.51 bits per heavy atom. The van der Waals surface area contributed by atoms with Crippen molar-refractivity contribution >= 4 is 35.1 Å². The Labute approximate surface area is 233 Å². The van der Waals surface area contributed by atoms with Gasteiger partial charge in [-0.3, -0.25) is 4.79 Å². The number of nitrogens with one attached hydrogen (secondary N) is 1. The summed E-state index contributed by atoms with van der Waals surface area (Å²) in [5.74, 6) is -1.53. The number of fused-ring (bicyclic) bond motifs is 1. The fourth-order valence-corrected chi connectivity index (χ4v) is 4.12. The van der Waals surface area contributed by atoms with Crippen molar-refractivity contribution in [2.45, 2.75) is 18.8 Å². The molecule has 0 aliphatic carbocycles. The first-order valence-electron chi connectivity index (χ1n) is 10.5. The monoisotopic (exact) mass is 525 g/mol. The molecule has 1 N–H and O–H groups in total. The van der Waals surface area contributed by atoms with E-state index >= 15 is 0 Å². The zero-order chi connectivity index (χ0) is 24.2. The third-order valence-corrected chi connectivity index (χ3v) is 6.07. The Kier molecular flexibility index (Phi) is 9.44. The summed E-state index contributed by atoms with van der Waals surface area (Å²) in [4.78, 5) is 23.8. The molecule has 6 nitrogen and oxygen atoms in total. The number of ether oxygens (including phenoxy) is 2. The Morgan fingerprint density at radius 2 is 1.83 bits per heavy atom. The predicted molar refractivity (Wildman–Crippen MR) is 123 cm³/mol. The van der Waals surface area contributed by atoms with Crippen LogP contribution in [0.15, 0.2) is 54.6 Å². The number of hydrogen-bond acceptors (Lipinski definition) is 5. The molecular formula is C25H19Cl2FNNaO5. The fraction of sp³-hybridized carbons (Fsp3) is 0.200. The maximum absolute atomic E-state index is 13.1. The average molecular weight is 526 g/mol. The van der Waals surface area contributed by atoms with Gasteiger partial charge < -0.3 is 24.7 Å². The molecule has 0 radical (unpaired) electrons. The number of hydrogen-bond donors (Lipinski definition) is 1. The molecule has 3 aromatic carbocycles. The van der Waals surface area contributed by atoms with Gasteiger partial charge >= 0.3 is 29.6 Å². The van der Waals surface area contributed by atoms with E-state index in [9.17, 15) is 19.1 Å². The van der Waals surface area contributed by atoms with Crippen molar-refractivity contribution in [1.82, 2.24) is 5.32 Å². The van der Waals surface area contributed by atoms with Crippen LogP contribution in [0.1, 0.15) is 33.8 Å². The summed E-state index contributed by atoms with van der Waals surface area (Å²) >= 11 is 12.3. The van der Waals surface area contributed by atoms with E-state index in [2.05, 4.69) is 5.32 Å². The zero-order valence-electron chi connectivity index (χ0n) is 18.8. The summed E-state index contributed by atoms with van der Waals surface area (Å²) in [6, 6.07) is 13.7. The number of halogens is 3. The van der Waals surface area contributed by atoms with Crippen LogP contribution in [0, 0.1) is 5.82 Å². The molecule has 1 aliphatic heterocycles. The second-order valence-electron chi connectivity index (χ2n) is 7.70. The molecule has 0 saturated carbocycles. The zero-order valence-corrected chi connectivity index (χ0v) is 22.3. The summed E-state index contributed by atoms with van der Waals surface area (Å²) in [5, 5.41) is 14.7. The van der Waals surface area contributed by atoms with Gasteiger partial charge in [0.15, 0.2) is 0 Å². The van der Waals surface area contributed by atoms with Crippen molar-refractivity contribution in [2.75, 3.05) is 13.2 Å². The van der Waals surface area contributed by atoms with Crippen molar-refractivity contribution in [3.8, 4) is 17.2 Å². The number of carbonyl (C=O) groups is 2. The largest absolute Gasteiger partial charge is 1.00 e. The molecule has 176 valence electrons. The summed E-state index contributed by atoms with van der Waals surface area (Å²) < 4.78 is 24.5. The number of rotatable bonds is 7. The Balaban J connectivity index is 0.00000342. The molecule has 1 atom stereocenters. The molecular weight excluding hydrogens is 507 g/mol. The van der Waals surface area contributed by atoms with Crippen LogP contribution in [-0.4, -0.2) is 25.0 Å². The van der Waals surface area contributed by atoms with Crippen LogP contribution in [0.25, 0.3) is 0 Å². The first kappa shape index (κ1) is 27.3. The predicted octanol–water partition coefficient (Wildman–Crippen LogP) is 1.52. The van der Waals surface area contributed by atoms with Gasteiger partial charge in [-0.1, -0.05) is 29.3 Å². The van der Waals surface area contributed by atoms with Crippen LogP contribution in [0.3, 0.4) is 0 Å². The van der Waals surface area contributed by atoms with Gasteiger partial charge in [-0.25, -0.2) is 4.39 Å². The van der Waals surface area contributed by atoms with Crippen molar-refractivity contribution in [1.29, 1.82) is 0 Å². The number of benzene rings is 3. The molecule has 1 aliphatic rings. The molecule has 35 heavy (non-hydrogen) atoms. The van der Waals surface area contributed by atoms with Crippen LogP contribution in [-0.2, 0) is 11.2 Å². The van der Waals surface area contributed by atoms with E-state index in [-0.39, 0.29) is 47.1 Å². The van der Waals surface area contributed by atoms with Crippen molar-refractivity contribution in [2.24, 2.45) is 0 Å². The number of carbonyl (C=O) groups excluding carboxylic acids is 2. The van der Waals surface area contributed by atoms with Gasteiger partial charge in [0.2, 0.25) is 0 Å². The molecule has 0 bridgehead atoms. The maximum Gasteiger partial charge on any atom is 1.00 e. The molecule has 0 saturated heterocycles. The Bertz CT molecular complexity index is 1240. The maximum atomic E-state index is 13.1. The van der Waals surface area contributed by atoms with E-state index in [4.69, 9.17) is 32.7 Å². The molecule has 10 heteroatoms.